The number of fused-ring (bicyclic) bond motifs is 1. The number of hydrogen-bond acceptors (Lipinski definition) is 3. The van der Waals surface area contributed by atoms with Crippen LogP contribution < -0.4 is 5.32 Å². The zero-order valence-corrected chi connectivity index (χ0v) is 11.6. The summed E-state index contributed by atoms with van der Waals surface area (Å²) >= 11 is 1.69. The van der Waals surface area contributed by atoms with Gasteiger partial charge in [0.2, 0.25) is 5.91 Å². The van der Waals surface area contributed by atoms with Crippen LogP contribution in [0.4, 0.5) is 5.69 Å². The predicted molar refractivity (Wildman–Crippen MR) is 76.2 cm³/mol. The van der Waals surface area contributed by atoms with E-state index in [-0.39, 0.29) is 18.1 Å². The van der Waals surface area contributed by atoms with Crippen LogP contribution in [0.15, 0.2) is 29.6 Å². The Balaban J connectivity index is 1.98. The summed E-state index contributed by atoms with van der Waals surface area (Å²) in [6.07, 6.45) is 0. The molecule has 3 nitrogen and oxygen atoms in total. The Morgan fingerprint density at radius 3 is 2.83 bits per heavy atom. The second-order valence-corrected chi connectivity index (χ2v) is 6.07. The largest absolute Gasteiger partial charge is 0.366 e. The lowest BCUT2D eigenvalue weighted by Gasteiger charge is -2.18. The fraction of sp³-hybridized carbons (Fsp3) is 0.357. The van der Waals surface area contributed by atoms with Crippen LogP contribution in [0.2, 0.25) is 0 Å². The molecule has 2 aromatic rings. The third-order valence-corrected chi connectivity index (χ3v) is 3.27. The number of amides is 1. The Morgan fingerprint density at radius 2 is 2.11 bits per heavy atom. The minimum Gasteiger partial charge on any atom is -0.366 e. The molecule has 0 spiro atoms. The van der Waals surface area contributed by atoms with E-state index in [2.05, 4.69) is 5.32 Å². The lowest BCUT2D eigenvalue weighted by Crippen LogP contribution is -2.27. The molecule has 1 aromatic heterocycles. The van der Waals surface area contributed by atoms with E-state index in [4.69, 9.17) is 4.74 Å². The molecule has 0 aliphatic carbocycles. The van der Waals surface area contributed by atoms with Gasteiger partial charge in [-0.15, -0.1) is 11.3 Å². The third kappa shape index (κ3) is 3.55. The van der Waals surface area contributed by atoms with Gasteiger partial charge in [0.05, 0.1) is 5.60 Å². The van der Waals surface area contributed by atoms with Gasteiger partial charge in [0, 0.05) is 10.4 Å². The number of nitrogens with one attached hydrogen (secondary N) is 1. The van der Waals surface area contributed by atoms with Crippen molar-refractivity contribution in [1.29, 1.82) is 0 Å². The maximum atomic E-state index is 11.7. The van der Waals surface area contributed by atoms with Crippen LogP contribution >= 0.6 is 11.3 Å². The number of benzene rings is 1. The number of hydrogen-bond donors (Lipinski definition) is 1. The van der Waals surface area contributed by atoms with Crippen molar-refractivity contribution in [3.8, 4) is 0 Å². The zero-order chi connectivity index (χ0) is 13.2. The lowest BCUT2D eigenvalue weighted by molar-refractivity contribution is -0.125. The first kappa shape index (κ1) is 13.1. The van der Waals surface area contributed by atoms with Crippen molar-refractivity contribution in [3.05, 3.63) is 29.6 Å². The summed E-state index contributed by atoms with van der Waals surface area (Å²) < 4.78 is 6.65. The Labute approximate surface area is 111 Å². The highest BCUT2D eigenvalue weighted by atomic mass is 32.1. The van der Waals surface area contributed by atoms with Gasteiger partial charge in [0.15, 0.2) is 0 Å². The topological polar surface area (TPSA) is 38.3 Å². The van der Waals surface area contributed by atoms with Crippen molar-refractivity contribution in [2.24, 2.45) is 0 Å². The molecule has 1 amide bonds. The van der Waals surface area contributed by atoms with Gasteiger partial charge < -0.3 is 10.1 Å². The van der Waals surface area contributed by atoms with Crippen LogP contribution in [0, 0.1) is 0 Å². The molecule has 4 heteroatoms. The average Bonchev–Trinajstić information content (AvgIpc) is 2.72. The number of anilines is 1. The molecule has 0 aliphatic rings. The smallest absolute Gasteiger partial charge is 0.250 e. The molecule has 0 atom stereocenters. The summed E-state index contributed by atoms with van der Waals surface area (Å²) in [6.45, 7) is 5.86. The number of rotatable bonds is 3. The molecule has 0 fully saturated rings. The molecule has 0 saturated heterocycles. The first-order valence-electron chi connectivity index (χ1n) is 5.85. The monoisotopic (exact) mass is 263 g/mol. The summed E-state index contributed by atoms with van der Waals surface area (Å²) in [5.74, 6) is -0.125. The number of thiophene rings is 1. The molecule has 96 valence electrons. The van der Waals surface area contributed by atoms with Gasteiger partial charge in [-0.1, -0.05) is 0 Å². The quantitative estimate of drug-likeness (QED) is 0.917. The SMILES string of the molecule is CC(C)(C)OCC(=O)Nc1ccc2sccc2c1. The Bertz CT molecular complexity index is 554. The molecule has 0 bridgehead atoms. The highest BCUT2D eigenvalue weighted by Crippen LogP contribution is 2.23. The van der Waals surface area contributed by atoms with Crippen molar-refractivity contribution < 1.29 is 9.53 Å². The van der Waals surface area contributed by atoms with E-state index in [0.29, 0.717) is 0 Å². The fourth-order valence-corrected chi connectivity index (χ4v) is 2.29. The Kier molecular flexibility index (Phi) is 3.68. The molecule has 0 aliphatic heterocycles. The summed E-state index contributed by atoms with van der Waals surface area (Å²) in [6, 6.07) is 7.94. The maximum absolute atomic E-state index is 11.7. The van der Waals surface area contributed by atoms with E-state index in [9.17, 15) is 4.79 Å². The van der Waals surface area contributed by atoms with E-state index < -0.39 is 0 Å². The summed E-state index contributed by atoms with van der Waals surface area (Å²) in [4.78, 5) is 11.7. The van der Waals surface area contributed by atoms with E-state index >= 15 is 0 Å². The molecular weight excluding hydrogens is 246 g/mol. The van der Waals surface area contributed by atoms with Crippen molar-refractivity contribution in [2.75, 3.05) is 11.9 Å². The van der Waals surface area contributed by atoms with Gasteiger partial charge in [0.25, 0.3) is 0 Å². The highest BCUT2D eigenvalue weighted by Gasteiger charge is 2.13. The summed E-state index contributed by atoms with van der Waals surface area (Å²) in [5.41, 5.74) is 0.512. The molecule has 18 heavy (non-hydrogen) atoms. The maximum Gasteiger partial charge on any atom is 0.250 e. The number of carbonyl (C=O) groups is 1. The fourth-order valence-electron chi connectivity index (χ4n) is 1.52. The Morgan fingerprint density at radius 1 is 1.33 bits per heavy atom. The van der Waals surface area contributed by atoms with Crippen LogP contribution in [0.3, 0.4) is 0 Å². The van der Waals surface area contributed by atoms with Crippen LogP contribution in [0.5, 0.6) is 0 Å². The predicted octanol–water partition coefficient (Wildman–Crippen LogP) is 3.65. The van der Waals surface area contributed by atoms with Crippen molar-refractivity contribution in [3.63, 3.8) is 0 Å². The average molecular weight is 263 g/mol. The van der Waals surface area contributed by atoms with Gasteiger partial charge >= 0.3 is 0 Å². The second kappa shape index (κ2) is 5.08. The van der Waals surface area contributed by atoms with Gasteiger partial charge in [-0.2, -0.15) is 0 Å². The molecule has 1 aromatic carbocycles. The first-order chi connectivity index (χ1) is 8.44. The molecule has 0 unspecified atom stereocenters. The summed E-state index contributed by atoms with van der Waals surface area (Å²) in [5, 5.41) is 6.03. The van der Waals surface area contributed by atoms with E-state index in [1.807, 2.05) is 50.4 Å². The van der Waals surface area contributed by atoms with Gasteiger partial charge in [-0.25, -0.2) is 0 Å². The van der Waals surface area contributed by atoms with Crippen molar-refractivity contribution in [1.82, 2.24) is 0 Å². The second-order valence-electron chi connectivity index (χ2n) is 5.12. The first-order valence-corrected chi connectivity index (χ1v) is 6.73. The number of ether oxygens (including phenoxy) is 1. The van der Waals surface area contributed by atoms with Crippen LogP contribution in [-0.4, -0.2) is 18.1 Å². The molecule has 1 N–H and O–H groups in total. The standard InChI is InChI=1S/C14H17NO2S/c1-14(2,3)17-9-13(16)15-11-4-5-12-10(8-11)6-7-18-12/h4-8H,9H2,1-3H3,(H,15,16). The molecule has 0 saturated carbocycles. The normalized spacial score (nSPS) is 11.7. The third-order valence-electron chi connectivity index (χ3n) is 2.37. The van der Waals surface area contributed by atoms with E-state index in [1.54, 1.807) is 11.3 Å². The minimum atomic E-state index is -0.297. The minimum absolute atomic E-state index is 0.0746. The van der Waals surface area contributed by atoms with Crippen LogP contribution in [-0.2, 0) is 9.53 Å². The van der Waals surface area contributed by atoms with Gasteiger partial charge in [0.1, 0.15) is 6.61 Å². The van der Waals surface area contributed by atoms with E-state index in [1.165, 1.54) is 4.70 Å². The number of carbonyl (C=O) groups excluding carboxylic acids is 1. The highest BCUT2D eigenvalue weighted by molar-refractivity contribution is 7.17. The van der Waals surface area contributed by atoms with Gasteiger partial charge in [-0.05, 0) is 55.8 Å². The molecule has 2 rings (SSSR count). The van der Waals surface area contributed by atoms with Crippen molar-refractivity contribution >= 4 is 33.0 Å². The van der Waals surface area contributed by atoms with Crippen LogP contribution in [0.25, 0.3) is 10.1 Å². The molecule has 1 heterocycles. The molecule has 0 radical (unpaired) electrons. The lowest BCUT2D eigenvalue weighted by atomic mass is 10.2. The van der Waals surface area contributed by atoms with Crippen LogP contribution in [0.1, 0.15) is 20.8 Å². The Hall–Kier alpha value is -1.39. The summed E-state index contributed by atoms with van der Waals surface area (Å²) in [7, 11) is 0. The van der Waals surface area contributed by atoms with Crippen molar-refractivity contribution in [2.45, 2.75) is 26.4 Å². The van der Waals surface area contributed by atoms with E-state index in [0.717, 1.165) is 11.1 Å². The zero-order valence-electron chi connectivity index (χ0n) is 10.8. The van der Waals surface area contributed by atoms with Gasteiger partial charge in [-0.3, -0.25) is 4.79 Å². The molecular formula is C14H17NO2S.